The Labute approximate surface area is 380 Å². The van der Waals surface area contributed by atoms with E-state index in [0.717, 1.165) is 11.1 Å². The van der Waals surface area contributed by atoms with Gasteiger partial charge in [0.15, 0.2) is 0 Å². The van der Waals surface area contributed by atoms with Crippen LogP contribution in [0, 0.1) is 0 Å². The average Bonchev–Trinajstić information content (AvgIpc) is 3.34. The van der Waals surface area contributed by atoms with E-state index >= 15 is 0 Å². The molecular formula is C54H60O11. The lowest BCUT2D eigenvalue weighted by Crippen LogP contribution is -2.48. The summed E-state index contributed by atoms with van der Waals surface area (Å²) in [5.74, 6) is 0. The second-order valence-corrected chi connectivity index (χ2v) is 16.5. The molecule has 1 saturated heterocycles. The predicted octanol–water partition coefficient (Wildman–Crippen LogP) is 9.12. The number of hydrogen-bond donors (Lipinski definition) is 0. The zero-order valence-corrected chi connectivity index (χ0v) is 37.2. The lowest BCUT2D eigenvalue weighted by Gasteiger charge is -2.33. The molecule has 0 unspecified atom stereocenters. The molecule has 0 amide bonds. The zero-order chi connectivity index (χ0) is 43.9. The molecule has 0 bridgehead atoms. The van der Waals surface area contributed by atoms with E-state index in [2.05, 4.69) is 109 Å². The van der Waals surface area contributed by atoms with Crippen molar-refractivity contribution >= 4 is 64.6 Å². The minimum absolute atomic E-state index is 0.223. The van der Waals surface area contributed by atoms with Gasteiger partial charge in [0, 0.05) is 0 Å². The maximum absolute atomic E-state index is 6.59. The molecule has 0 atom stereocenters. The quantitative estimate of drug-likeness (QED) is 0.0686. The van der Waals surface area contributed by atoms with E-state index in [1.54, 1.807) is 0 Å². The summed E-state index contributed by atoms with van der Waals surface area (Å²) in [5.41, 5.74) is 1.39. The highest BCUT2D eigenvalue weighted by molar-refractivity contribution is 6.24. The lowest BCUT2D eigenvalue weighted by atomic mass is 9.92. The first-order chi connectivity index (χ1) is 32.3. The Bertz CT molecular complexity index is 2630. The number of hydrogen-bond acceptors (Lipinski definition) is 11. The van der Waals surface area contributed by atoms with Crippen LogP contribution in [0.1, 0.15) is 11.1 Å². The van der Waals surface area contributed by atoms with Crippen LogP contribution in [0.25, 0.3) is 64.6 Å². The maximum atomic E-state index is 6.59. The van der Waals surface area contributed by atoms with Gasteiger partial charge in [-0.25, -0.2) is 0 Å². The minimum Gasteiger partial charge on any atom is -0.377 e. The van der Waals surface area contributed by atoms with Crippen molar-refractivity contribution in [2.75, 3.05) is 126 Å². The highest BCUT2D eigenvalue weighted by Crippen LogP contribution is 2.37. The van der Waals surface area contributed by atoms with Crippen molar-refractivity contribution in [1.82, 2.24) is 0 Å². The van der Waals surface area contributed by atoms with E-state index in [1.807, 2.05) is 0 Å². The summed E-state index contributed by atoms with van der Waals surface area (Å²) >= 11 is 0. The Balaban J connectivity index is 0.779. The third-order valence-electron chi connectivity index (χ3n) is 12.1. The van der Waals surface area contributed by atoms with Gasteiger partial charge < -0.3 is 52.1 Å². The molecule has 0 aliphatic carbocycles. The van der Waals surface area contributed by atoms with Gasteiger partial charge in [0.25, 0.3) is 0 Å². The Morgan fingerprint density at radius 1 is 0.338 bits per heavy atom. The topological polar surface area (TPSA) is 102 Å². The standard InChI is InChI=1S/C54H60O11/c1-3-40-7-9-44-11-13-46(48-17-15-42(5-1)50(40)52(44)48)35-60-28-25-59-33-34-65-54(37-62-30-26-57-23-21-55-19-20-56-22-24-58-27-31-63-38-54)39-64-32-29-61-36-47-14-12-45-10-8-41-4-2-6-43-16-18-49(47)53(45)51(41)43/h1-18H,19-39H2. The van der Waals surface area contributed by atoms with Gasteiger partial charge in [0.05, 0.1) is 139 Å². The highest BCUT2D eigenvalue weighted by atomic mass is 16.6. The van der Waals surface area contributed by atoms with Crippen molar-refractivity contribution in [3.8, 4) is 0 Å². The summed E-state index contributed by atoms with van der Waals surface area (Å²) in [7, 11) is 0. The van der Waals surface area contributed by atoms with E-state index in [-0.39, 0.29) is 19.8 Å². The fourth-order valence-corrected chi connectivity index (χ4v) is 8.88. The molecule has 9 rings (SSSR count). The smallest absolute Gasteiger partial charge is 0.138 e. The fourth-order valence-electron chi connectivity index (χ4n) is 8.88. The van der Waals surface area contributed by atoms with Crippen molar-refractivity contribution in [2.45, 2.75) is 18.8 Å². The van der Waals surface area contributed by atoms with Crippen LogP contribution in [-0.4, -0.2) is 131 Å². The Kier molecular flexibility index (Phi) is 16.3. The van der Waals surface area contributed by atoms with Gasteiger partial charge in [-0.2, -0.15) is 0 Å². The van der Waals surface area contributed by atoms with Crippen LogP contribution in [0.5, 0.6) is 0 Å². The molecule has 1 aliphatic heterocycles. The molecule has 1 heterocycles. The molecule has 342 valence electrons. The molecule has 11 nitrogen and oxygen atoms in total. The largest absolute Gasteiger partial charge is 0.377 e. The zero-order valence-electron chi connectivity index (χ0n) is 37.2. The first-order valence-electron chi connectivity index (χ1n) is 23.0. The van der Waals surface area contributed by atoms with Crippen LogP contribution in [0.15, 0.2) is 109 Å². The summed E-state index contributed by atoms with van der Waals surface area (Å²) in [4.78, 5) is 0. The van der Waals surface area contributed by atoms with E-state index in [4.69, 9.17) is 52.1 Å². The number of ether oxygens (including phenoxy) is 11. The van der Waals surface area contributed by atoms with Gasteiger partial charge in [0.2, 0.25) is 0 Å². The summed E-state index contributed by atoms with van der Waals surface area (Å²) in [6, 6.07) is 39.3. The molecule has 1 fully saturated rings. The molecule has 0 spiro atoms. The van der Waals surface area contributed by atoms with Crippen molar-refractivity contribution in [2.24, 2.45) is 0 Å². The third kappa shape index (κ3) is 11.5. The molecule has 0 saturated carbocycles. The SMILES string of the molecule is c1cc2ccc3ccc(COCCOCCOC4(COCCOCc5ccc6ccc7cccc8ccc5c6c78)COCCOCCOCCOCCOCCOC4)c4ccc(c1)c2c34. The summed E-state index contributed by atoms with van der Waals surface area (Å²) < 4.78 is 66.3. The summed E-state index contributed by atoms with van der Waals surface area (Å²) in [5, 5.41) is 15.1. The Morgan fingerprint density at radius 3 is 1.15 bits per heavy atom. The molecule has 0 N–H and O–H groups in total. The summed E-state index contributed by atoms with van der Waals surface area (Å²) in [6.45, 7) is 8.47. The minimum atomic E-state index is -0.921. The normalized spacial score (nSPS) is 16.8. The van der Waals surface area contributed by atoms with Crippen molar-refractivity contribution in [1.29, 1.82) is 0 Å². The number of benzene rings is 8. The van der Waals surface area contributed by atoms with Gasteiger partial charge in [-0.1, -0.05) is 109 Å². The first kappa shape index (κ1) is 45.6. The van der Waals surface area contributed by atoms with E-state index in [1.165, 1.54) is 64.6 Å². The second kappa shape index (κ2) is 23.2. The molecule has 11 heteroatoms. The molecule has 8 aromatic rings. The Morgan fingerprint density at radius 2 is 0.692 bits per heavy atom. The molecular weight excluding hydrogens is 825 g/mol. The van der Waals surface area contributed by atoms with Crippen LogP contribution in [0.3, 0.4) is 0 Å². The van der Waals surface area contributed by atoms with Crippen LogP contribution < -0.4 is 0 Å². The van der Waals surface area contributed by atoms with Crippen molar-refractivity contribution < 1.29 is 52.1 Å². The van der Waals surface area contributed by atoms with Crippen LogP contribution in [0.2, 0.25) is 0 Å². The van der Waals surface area contributed by atoms with Crippen molar-refractivity contribution in [3.63, 3.8) is 0 Å². The molecule has 0 radical (unpaired) electrons. The monoisotopic (exact) mass is 884 g/mol. The first-order valence-corrected chi connectivity index (χ1v) is 23.0. The molecule has 8 aromatic carbocycles. The van der Waals surface area contributed by atoms with Gasteiger partial charge in [-0.3, -0.25) is 0 Å². The fraction of sp³-hybridized carbons (Fsp3) is 0.407. The third-order valence-corrected chi connectivity index (χ3v) is 12.1. The Hall–Kier alpha value is -4.60. The van der Waals surface area contributed by atoms with Gasteiger partial charge in [-0.15, -0.1) is 0 Å². The second-order valence-electron chi connectivity index (χ2n) is 16.5. The van der Waals surface area contributed by atoms with Crippen LogP contribution in [0.4, 0.5) is 0 Å². The predicted molar refractivity (Wildman–Crippen MR) is 255 cm³/mol. The highest BCUT2D eigenvalue weighted by Gasteiger charge is 2.33. The van der Waals surface area contributed by atoms with Gasteiger partial charge in [-0.05, 0) is 75.8 Å². The molecule has 1 aliphatic rings. The average molecular weight is 885 g/mol. The van der Waals surface area contributed by atoms with Crippen LogP contribution in [-0.2, 0) is 65.3 Å². The van der Waals surface area contributed by atoms with Crippen molar-refractivity contribution in [3.05, 3.63) is 120 Å². The number of rotatable bonds is 16. The van der Waals surface area contributed by atoms with Gasteiger partial charge >= 0.3 is 0 Å². The maximum Gasteiger partial charge on any atom is 0.138 e. The lowest BCUT2D eigenvalue weighted by molar-refractivity contribution is -0.178. The molecule has 65 heavy (non-hydrogen) atoms. The van der Waals surface area contributed by atoms with Crippen LogP contribution >= 0.6 is 0 Å². The van der Waals surface area contributed by atoms with E-state index in [9.17, 15) is 0 Å². The van der Waals surface area contributed by atoms with Gasteiger partial charge in [0.1, 0.15) is 5.60 Å². The van der Waals surface area contributed by atoms with E-state index in [0.29, 0.717) is 119 Å². The summed E-state index contributed by atoms with van der Waals surface area (Å²) in [6.07, 6.45) is 0. The van der Waals surface area contributed by atoms with E-state index < -0.39 is 5.60 Å². The molecule has 0 aromatic heterocycles.